The van der Waals surface area contributed by atoms with E-state index < -0.39 is 0 Å². The molecular weight excluding hydrogens is 188 g/mol. The predicted octanol–water partition coefficient (Wildman–Crippen LogP) is 3.10. The van der Waals surface area contributed by atoms with Crippen LogP contribution in [0.5, 0.6) is 0 Å². The van der Waals surface area contributed by atoms with Crippen LogP contribution in [0, 0.1) is 5.41 Å². The van der Waals surface area contributed by atoms with E-state index in [1.165, 1.54) is 19.3 Å². The molecule has 2 heteroatoms. The second-order valence-corrected chi connectivity index (χ2v) is 5.36. The van der Waals surface area contributed by atoms with Crippen LogP contribution in [0.15, 0.2) is 0 Å². The quantitative estimate of drug-likeness (QED) is 0.712. The molecule has 0 aromatic rings. The molecule has 1 unspecified atom stereocenters. The van der Waals surface area contributed by atoms with E-state index in [9.17, 15) is 4.79 Å². The zero-order valence-corrected chi connectivity index (χ0v) is 9.76. The molecule has 0 bridgehead atoms. The molecule has 2 aliphatic rings. The van der Waals surface area contributed by atoms with E-state index >= 15 is 0 Å². The van der Waals surface area contributed by atoms with E-state index in [1.807, 2.05) is 0 Å². The number of rotatable bonds is 4. The Hall–Kier alpha value is -0.370. The number of Topliss-reactive ketones (excluding diaryl/α,β-unsaturated/α-hetero) is 1. The normalized spacial score (nSPS) is 29.5. The summed E-state index contributed by atoms with van der Waals surface area (Å²) in [5.41, 5.74) is 0.0125. The van der Waals surface area contributed by atoms with E-state index in [0.717, 1.165) is 38.7 Å². The molecule has 1 saturated heterocycles. The molecule has 0 aromatic heterocycles. The van der Waals surface area contributed by atoms with Crippen molar-refractivity contribution in [1.29, 1.82) is 0 Å². The summed E-state index contributed by atoms with van der Waals surface area (Å²) in [6.45, 7) is 3.05. The van der Waals surface area contributed by atoms with Gasteiger partial charge in [-0.05, 0) is 32.1 Å². The van der Waals surface area contributed by atoms with Gasteiger partial charge in [-0.2, -0.15) is 0 Å². The van der Waals surface area contributed by atoms with Crippen molar-refractivity contribution in [2.24, 2.45) is 5.41 Å². The lowest BCUT2D eigenvalue weighted by Crippen LogP contribution is -2.25. The van der Waals surface area contributed by atoms with Gasteiger partial charge >= 0.3 is 0 Å². The molecule has 1 heterocycles. The van der Waals surface area contributed by atoms with Gasteiger partial charge in [-0.25, -0.2) is 0 Å². The molecule has 0 spiro atoms. The number of hydrogen-bond donors (Lipinski definition) is 0. The van der Waals surface area contributed by atoms with Gasteiger partial charge in [-0.15, -0.1) is 0 Å². The maximum absolute atomic E-state index is 12.1. The maximum atomic E-state index is 12.1. The van der Waals surface area contributed by atoms with Gasteiger partial charge in [0.15, 0.2) is 0 Å². The summed E-state index contributed by atoms with van der Waals surface area (Å²) in [6, 6.07) is 0. The Balaban J connectivity index is 1.76. The van der Waals surface area contributed by atoms with Gasteiger partial charge in [0.2, 0.25) is 0 Å². The molecule has 2 rings (SSSR count). The zero-order chi connectivity index (χ0) is 10.7. The topological polar surface area (TPSA) is 26.3 Å². The number of carbonyl (C=O) groups excluding carboxylic acids is 1. The largest absolute Gasteiger partial charge is 0.378 e. The molecule has 2 fully saturated rings. The first-order valence-corrected chi connectivity index (χ1v) is 6.36. The summed E-state index contributed by atoms with van der Waals surface area (Å²) in [7, 11) is 0. The summed E-state index contributed by atoms with van der Waals surface area (Å²) in [6.07, 6.45) is 9.09. The van der Waals surface area contributed by atoms with Gasteiger partial charge in [0, 0.05) is 18.4 Å². The van der Waals surface area contributed by atoms with Gasteiger partial charge in [0.1, 0.15) is 5.78 Å². The second kappa shape index (κ2) is 4.65. The summed E-state index contributed by atoms with van der Waals surface area (Å²) < 4.78 is 5.55. The first-order chi connectivity index (χ1) is 7.21. The second-order valence-electron chi connectivity index (χ2n) is 5.36. The van der Waals surface area contributed by atoms with Crippen LogP contribution < -0.4 is 0 Å². The Labute approximate surface area is 92.4 Å². The third kappa shape index (κ3) is 2.60. The Kier molecular flexibility index (Phi) is 3.45. The molecule has 1 aliphatic carbocycles. The smallest absolute Gasteiger partial charge is 0.138 e. The third-order valence-electron chi connectivity index (χ3n) is 4.10. The van der Waals surface area contributed by atoms with Crippen LogP contribution in [-0.2, 0) is 9.53 Å². The number of ether oxygens (including phenoxy) is 1. The van der Waals surface area contributed by atoms with E-state index in [-0.39, 0.29) is 5.41 Å². The van der Waals surface area contributed by atoms with Crippen LogP contribution in [0.4, 0.5) is 0 Å². The molecule has 0 radical (unpaired) electrons. The summed E-state index contributed by atoms with van der Waals surface area (Å²) >= 11 is 0. The van der Waals surface area contributed by atoms with Crippen LogP contribution in [-0.4, -0.2) is 18.5 Å². The van der Waals surface area contributed by atoms with E-state index in [0.29, 0.717) is 11.9 Å². The van der Waals surface area contributed by atoms with Crippen molar-refractivity contribution in [3.63, 3.8) is 0 Å². The van der Waals surface area contributed by atoms with Crippen LogP contribution in [0.25, 0.3) is 0 Å². The van der Waals surface area contributed by atoms with Gasteiger partial charge < -0.3 is 4.74 Å². The highest BCUT2D eigenvalue weighted by Gasteiger charge is 2.35. The fraction of sp³-hybridized carbons (Fsp3) is 0.923. The molecule has 0 amide bonds. The molecule has 1 aliphatic heterocycles. The van der Waals surface area contributed by atoms with Crippen LogP contribution in [0.2, 0.25) is 0 Å². The lowest BCUT2D eigenvalue weighted by molar-refractivity contribution is -0.128. The van der Waals surface area contributed by atoms with Crippen molar-refractivity contribution < 1.29 is 9.53 Å². The van der Waals surface area contributed by atoms with Gasteiger partial charge in [0.25, 0.3) is 0 Å². The van der Waals surface area contributed by atoms with Gasteiger partial charge in [0.05, 0.1) is 6.10 Å². The molecule has 86 valence electrons. The molecule has 2 nitrogen and oxygen atoms in total. The summed E-state index contributed by atoms with van der Waals surface area (Å²) in [4.78, 5) is 12.1. The maximum Gasteiger partial charge on any atom is 0.138 e. The molecule has 0 N–H and O–H groups in total. The number of carbonyl (C=O) groups is 1. The molecular formula is C13H22O2. The number of hydrogen-bond acceptors (Lipinski definition) is 2. The Bertz CT molecular complexity index is 223. The third-order valence-corrected chi connectivity index (χ3v) is 4.10. The van der Waals surface area contributed by atoms with E-state index in [1.54, 1.807) is 0 Å². The van der Waals surface area contributed by atoms with Crippen molar-refractivity contribution in [3.05, 3.63) is 0 Å². The average molecular weight is 210 g/mol. The minimum Gasteiger partial charge on any atom is -0.378 e. The van der Waals surface area contributed by atoms with E-state index in [4.69, 9.17) is 4.74 Å². The highest BCUT2D eigenvalue weighted by atomic mass is 16.5. The fourth-order valence-electron chi connectivity index (χ4n) is 2.90. The lowest BCUT2D eigenvalue weighted by atomic mass is 9.81. The summed E-state index contributed by atoms with van der Waals surface area (Å²) in [5.74, 6) is 0.482. The standard InChI is InChI=1S/C13H22O2/c1-13(8-2-3-9-13)12(14)7-6-11-5-4-10-15-11/h11H,2-10H2,1H3. The van der Waals surface area contributed by atoms with Crippen LogP contribution in [0.3, 0.4) is 0 Å². The first kappa shape index (κ1) is 11.1. The minimum absolute atomic E-state index is 0.0125. The fourth-order valence-corrected chi connectivity index (χ4v) is 2.90. The highest BCUT2D eigenvalue weighted by Crippen LogP contribution is 2.39. The SMILES string of the molecule is CC1(C(=O)CCC2CCCO2)CCCC1. The van der Waals surface area contributed by atoms with Crippen LogP contribution in [0.1, 0.15) is 58.3 Å². The van der Waals surface area contributed by atoms with Crippen molar-refractivity contribution in [3.8, 4) is 0 Å². The average Bonchev–Trinajstić information content (AvgIpc) is 2.85. The van der Waals surface area contributed by atoms with Crippen molar-refractivity contribution in [2.45, 2.75) is 64.4 Å². The number of ketones is 1. The molecule has 1 saturated carbocycles. The van der Waals surface area contributed by atoms with Crippen molar-refractivity contribution >= 4 is 5.78 Å². The van der Waals surface area contributed by atoms with Crippen molar-refractivity contribution in [1.82, 2.24) is 0 Å². The Morgan fingerprint density at radius 1 is 1.33 bits per heavy atom. The van der Waals surface area contributed by atoms with Gasteiger partial charge in [-0.1, -0.05) is 19.8 Å². The molecule has 1 atom stereocenters. The van der Waals surface area contributed by atoms with E-state index in [2.05, 4.69) is 6.92 Å². The predicted molar refractivity (Wildman–Crippen MR) is 59.8 cm³/mol. The van der Waals surface area contributed by atoms with Crippen LogP contribution >= 0.6 is 0 Å². The lowest BCUT2D eigenvalue weighted by Gasteiger charge is -2.22. The molecule has 15 heavy (non-hydrogen) atoms. The van der Waals surface area contributed by atoms with Crippen molar-refractivity contribution in [2.75, 3.05) is 6.61 Å². The highest BCUT2D eigenvalue weighted by molar-refractivity contribution is 5.84. The Morgan fingerprint density at radius 3 is 2.67 bits per heavy atom. The van der Waals surface area contributed by atoms with Gasteiger partial charge in [-0.3, -0.25) is 4.79 Å². The summed E-state index contributed by atoms with van der Waals surface area (Å²) in [5, 5.41) is 0. The Morgan fingerprint density at radius 2 is 2.07 bits per heavy atom. The zero-order valence-electron chi connectivity index (χ0n) is 9.76. The monoisotopic (exact) mass is 210 g/mol. The first-order valence-electron chi connectivity index (χ1n) is 6.36. The minimum atomic E-state index is 0.0125. The molecule has 0 aromatic carbocycles.